The van der Waals surface area contributed by atoms with E-state index in [4.69, 9.17) is 0 Å². The summed E-state index contributed by atoms with van der Waals surface area (Å²) in [5.41, 5.74) is 4.84. The third-order valence-corrected chi connectivity index (χ3v) is 12.8. The standard InChI is InChI=1S/2C24H36O3S.Ba/c2*1-3-5-7-9-11-13-20-15-16-21(14-12-10-8-6-4-2)24-19-22(28(25,26)27)17-18-23(20)24;/h2*15-19H,3-14H2,1-2H3,(H,25,26,27);/q;;+2/p-2. The van der Waals surface area contributed by atoms with Crippen LogP contribution in [0.15, 0.2) is 70.5 Å². The Morgan fingerprint density at radius 1 is 0.351 bits per heavy atom. The van der Waals surface area contributed by atoms with Crippen molar-refractivity contribution in [2.75, 3.05) is 0 Å². The van der Waals surface area contributed by atoms with Gasteiger partial charge in [0.15, 0.2) is 0 Å². The van der Waals surface area contributed by atoms with Crippen LogP contribution in [-0.2, 0) is 45.9 Å². The Bertz CT molecular complexity index is 1830. The van der Waals surface area contributed by atoms with E-state index in [1.165, 1.54) is 126 Å². The summed E-state index contributed by atoms with van der Waals surface area (Å²) in [7, 11) is -8.87. The number of hydrogen-bond donors (Lipinski definition) is 0. The third kappa shape index (κ3) is 18.5. The Kier molecular flexibility index (Phi) is 25.8. The fraction of sp³-hybridized carbons (Fsp3) is 0.583. The summed E-state index contributed by atoms with van der Waals surface area (Å²) in [5.74, 6) is 0. The Hall–Kier alpha value is -1.21. The molecule has 312 valence electrons. The average molecular weight is 945 g/mol. The smallest absolute Gasteiger partial charge is 0.744 e. The molecule has 0 bridgehead atoms. The van der Waals surface area contributed by atoms with Crippen molar-refractivity contribution in [3.05, 3.63) is 82.9 Å². The van der Waals surface area contributed by atoms with Crippen molar-refractivity contribution < 1.29 is 25.9 Å². The van der Waals surface area contributed by atoms with Crippen LogP contribution in [0.4, 0.5) is 0 Å². The minimum atomic E-state index is -4.43. The number of unbranched alkanes of at least 4 members (excludes halogenated alkanes) is 16. The van der Waals surface area contributed by atoms with Gasteiger partial charge in [0.25, 0.3) is 0 Å². The second-order valence-electron chi connectivity index (χ2n) is 15.7. The first-order valence-corrected chi connectivity index (χ1v) is 24.8. The van der Waals surface area contributed by atoms with Crippen molar-refractivity contribution in [1.82, 2.24) is 0 Å². The van der Waals surface area contributed by atoms with E-state index in [1.54, 1.807) is 12.1 Å². The second kappa shape index (κ2) is 28.3. The summed E-state index contributed by atoms with van der Waals surface area (Å²) in [5, 5.41) is 4.10. The van der Waals surface area contributed by atoms with Gasteiger partial charge in [-0.05, 0) is 119 Å². The molecule has 0 radical (unpaired) electrons. The molecule has 0 aliphatic heterocycles. The van der Waals surface area contributed by atoms with Crippen molar-refractivity contribution in [2.24, 2.45) is 0 Å². The molecule has 9 heteroatoms. The van der Waals surface area contributed by atoms with Crippen LogP contribution < -0.4 is 0 Å². The van der Waals surface area contributed by atoms with Crippen molar-refractivity contribution in [2.45, 2.75) is 192 Å². The van der Waals surface area contributed by atoms with Gasteiger partial charge in [0.2, 0.25) is 0 Å². The SMILES string of the molecule is CCCCCCCc1ccc(CCCCCCC)c2cc(S(=O)(=O)[O-])ccc12.CCCCCCCc1ccc(CCCCCCC)c2cc(S(=O)(=O)[O-])ccc12.[Ba+2]. The molecule has 0 heterocycles. The first kappa shape index (κ1) is 51.9. The summed E-state index contributed by atoms with van der Waals surface area (Å²) < 4.78 is 69.1. The molecule has 0 aromatic heterocycles. The van der Waals surface area contributed by atoms with Gasteiger partial charge in [0, 0.05) is 0 Å². The van der Waals surface area contributed by atoms with Crippen LogP contribution in [0.1, 0.15) is 178 Å². The van der Waals surface area contributed by atoms with Gasteiger partial charge in [-0.3, -0.25) is 0 Å². The number of aryl methyl sites for hydroxylation is 4. The van der Waals surface area contributed by atoms with Crippen molar-refractivity contribution in [3.63, 3.8) is 0 Å². The molecule has 0 fully saturated rings. The molecule has 4 rings (SSSR count). The maximum atomic E-state index is 11.5. The normalized spacial score (nSPS) is 11.8. The quantitative estimate of drug-likeness (QED) is 0.0352. The summed E-state index contributed by atoms with van der Waals surface area (Å²) in [6, 6.07) is 18.5. The van der Waals surface area contributed by atoms with Crippen LogP contribution in [0.25, 0.3) is 21.5 Å². The van der Waals surface area contributed by atoms with E-state index in [0.717, 1.165) is 84.0 Å². The summed E-state index contributed by atoms with van der Waals surface area (Å²) in [4.78, 5) is -0.236. The van der Waals surface area contributed by atoms with E-state index < -0.39 is 20.2 Å². The zero-order valence-corrected chi connectivity index (χ0v) is 41.8. The predicted octanol–water partition coefficient (Wildman–Crippen LogP) is 13.2. The molecule has 57 heavy (non-hydrogen) atoms. The zero-order chi connectivity index (χ0) is 40.8. The molecule has 0 saturated carbocycles. The van der Waals surface area contributed by atoms with Crippen LogP contribution >= 0.6 is 0 Å². The van der Waals surface area contributed by atoms with Gasteiger partial charge in [0.1, 0.15) is 20.2 Å². The zero-order valence-electron chi connectivity index (χ0n) is 35.7. The molecule has 4 aromatic carbocycles. The summed E-state index contributed by atoms with van der Waals surface area (Å²) >= 11 is 0. The van der Waals surface area contributed by atoms with E-state index in [1.807, 2.05) is 12.1 Å². The Labute approximate surface area is 387 Å². The van der Waals surface area contributed by atoms with Gasteiger partial charge in [-0.2, -0.15) is 0 Å². The second-order valence-corrected chi connectivity index (χ2v) is 18.5. The van der Waals surface area contributed by atoms with Crippen LogP contribution in [0, 0.1) is 0 Å². The molecular formula is C48H70BaO6S2. The Morgan fingerprint density at radius 2 is 0.596 bits per heavy atom. The van der Waals surface area contributed by atoms with Crippen molar-refractivity contribution >= 4 is 90.7 Å². The monoisotopic (exact) mass is 944 g/mol. The van der Waals surface area contributed by atoms with Gasteiger partial charge >= 0.3 is 48.9 Å². The van der Waals surface area contributed by atoms with E-state index >= 15 is 0 Å². The van der Waals surface area contributed by atoms with Gasteiger partial charge in [-0.1, -0.05) is 167 Å². The van der Waals surface area contributed by atoms with Gasteiger partial charge in [-0.25, -0.2) is 16.8 Å². The molecule has 0 atom stereocenters. The molecule has 6 nitrogen and oxygen atoms in total. The molecule has 4 aromatic rings. The molecule has 0 unspecified atom stereocenters. The molecule has 0 saturated heterocycles. The number of fused-ring (bicyclic) bond motifs is 2. The predicted molar refractivity (Wildman–Crippen MR) is 239 cm³/mol. The van der Waals surface area contributed by atoms with E-state index in [-0.39, 0.29) is 58.7 Å². The fourth-order valence-electron chi connectivity index (χ4n) is 7.76. The van der Waals surface area contributed by atoms with Crippen LogP contribution in [0.3, 0.4) is 0 Å². The third-order valence-electron chi connectivity index (χ3n) is 11.1. The fourth-order valence-corrected chi connectivity index (χ4v) is 8.75. The first-order chi connectivity index (χ1) is 26.9. The Balaban J connectivity index is 0.000000387. The van der Waals surface area contributed by atoms with Crippen LogP contribution in [-0.4, -0.2) is 74.8 Å². The first-order valence-electron chi connectivity index (χ1n) is 21.9. The maximum absolute atomic E-state index is 11.5. The Morgan fingerprint density at radius 3 is 0.842 bits per heavy atom. The number of hydrogen-bond acceptors (Lipinski definition) is 6. The van der Waals surface area contributed by atoms with Crippen molar-refractivity contribution in [1.29, 1.82) is 0 Å². The molecule has 0 aliphatic carbocycles. The topological polar surface area (TPSA) is 114 Å². The van der Waals surface area contributed by atoms with Gasteiger partial charge in [-0.15, -0.1) is 0 Å². The summed E-state index contributed by atoms with van der Waals surface area (Å²) in [6.07, 6.45) is 28.2. The maximum Gasteiger partial charge on any atom is 2.00 e. The van der Waals surface area contributed by atoms with Crippen LogP contribution in [0.2, 0.25) is 0 Å². The molecular weight excluding hydrogens is 874 g/mol. The van der Waals surface area contributed by atoms with Crippen molar-refractivity contribution in [3.8, 4) is 0 Å². The van der Waals surface area contributed by atoms with Gasteiger partial charge in [0.05, 0.1) is 9.79 Å². The summed E-state index contributed by atoms with van der Waals surface area (Å²) in [6.45, 7) is 8.85. The van der Waals surface area contributed by atoms with E-state index in [9.17, 15) is 25.9 Å². The molecule has 0 spiro atoms. The molecule has 0 aliphatic rings. The molecule has 0 N–H and O–H groups in total. The minimum Gasteiger partial charge on any atom is -0.744 e. The minimum absolute atomic E-state index is 0. The van der Waals surface area contributed by atoms with Gasteiger partial charge < -0.3 is 9.11 Å². The number of rotatable bonds is 26. The van der Waals surface area contributed by atoms with E-state index in [2.05, 4.69) is 52.0 Å². The number of benzene rings is 4. The van der Waals surface area contributed by atoms with E-state index in [0.29, 0.717) is 0 Å². The van der Waals surface area contributed by atoms with Crippen LogP contribution in [0.5, 0.6) is 0 Å². The average Bonchev–Trinajstić information content (AvgIpc) is 3.17. The molecule has 0 amide bonds. The largest absolute Gasteiger partial charge is 2.00 e.